The Kier molecular flexibility index (Phi) is 16.3. The molecule has 0 aromatic heterocycles. The maximum absolute atomic E-state index is 13.1. The first kappa shape index (κ1) is 51.1. The Morgan fingerprint density at radius 2 is 1.06 bits per heavy atom. The van der Waals surface area contributed by atoms with E-state index in [0.29, 0.717) is 27.8 Å². The van der Waals surface area contributed by atoms with E-state index < -0.39 is 57.1 Å². The van der Waals surface area contributed by atoms with Gasteiger partial charge in [-0.3, -0.25) is 40.1 Å². The van der Waals surface area contributed by atoms with Crippen molar-refractivity contribution < 1.29 is 46.8 Å². The first-order valence-electron chi connectivity index (χ1n) is 20.8. The Morgan fingerprint density at radius 3 is 1.51 bits per heavy atom. The summed E-state index contributed by atoms with van der Waals surface area (Å²) in [6.45, 7) is 10.5. The van der Waals surface area contributed by atoms with Crippen LogP contribution in [0.5, 0.6) is 0 Å². The number of ether oxygens (including phenoxy) is 1. The van der Waals surface area contributed by atoms with Crippen LogP contribution >= 0.6 is 11.6 Å². The van der Waals surface area contributed by atoms with E-state index in [1.54, 1.807) is 124 Å². The van der Waals surface area contributed by atoms with Crippen molar-refractivity contribution in [3.63, 3.8) is 0 Å². The van der Waals surface area contributed by atoms with Crippen molar-refractivity contribution in [2.75, 3.05) is 0 Å². The second-order valence-electron chi connectivity index (χ2n) is 17.0. The highest BCUT2D eigenvalue weighted by Crippen LogP contribution is 2.37. The Balaban J connectivity index is 0.000000256. The molecule has 0 aliphatic heterocycles. The quantitative estimate of drug-likeness (QED) is 0.0820. The van der Waals surface area contributed by atoms with E-state index in [2.05, 4.69) is 10.9 Å². The second kappa shape index (κ2) is 21.6. The number of hydrogen-bond acceptors (Lipinski definition) is 8. The van der Waals surface area contributed by atoms with E-state index in [9.17, 15) is 47.3 Å². The number of halogens is 4. The molecule has 0 aliphatic rings. The fraction of sp³-hybridized carbons (Fsp3) is 0.196. The van der Waals surface area contributed by atoms with Gasteiger partial charge in [-0.1, -0.05) is 96.5 Å². The molecule has 13 nitrogen and oxygen atoms in total. The number of nitrogens with one attached hydrogen (secondary N) is 2. The third-order valence-corrected chi connectivity index (χ3v) is 10.2. The Labute approximate surface area is 395 Å². The predicted octanol–water partition coefficient (Wildman–Crippen LogP) is 11.1. The number of esters is 1. The molecule has 0 radical (unpaired) electrons. The van der Waals surface area contributed by atoms with Crippen molar-refractivity contribution in [3.8, 4) is 11.1 Å². The molecule has 0 saturated carbocycles. The number of rotatable bonds is 9. The van der Waals surface area contributed by atoms with E-state index in [-0.39, 0.29) is 34.2 Å². The van der Waals surface area contributed by atoms with Gasteiger partial charge in [-0.2, -0.15) is 13.2 Å². The van der Waals surface area contributed by atoms with Crippen LogP contribution in [0.2, 0.25) is 5.02 Å². The summed E-state index contributed by atoms with van der Waals surface area (Å²) in [4.78, 5) is 75.6. The van der Waals surface area contributed by atoms with Crippen molar-refractivity contribution in [1.29, 1.82) is 0 Å². The number of carbonyl (C=O) groups excluding carboxylic acids is 5. The number of hydrazine groups is 2. The molecule has 352 valence electrons. The SMILES string of the molecule is CC(C)(C)N(NC(=O)c1ccc(-c2ccc(C(F)(F)F)cc2Cl)cc1[N+](=O)[O-])C(=O)c1ccccc1.CC(C)(C)N(NC(=O)c1ccccc1COC(=O)c1ccccc1)C(=O)c1ccccc1. The summed E-state index contributed by atoms with van der Waals surface area (Å²) in [5, 5.41) is 13.9. The number of nitro groups is 1. The zero-order valence-corrected chi connectivity index (χ0v) is 38.5. The first-order valence-corrected chi connectivity index (χ1v) is 21.2. The molecule has 6 rings (SSSR count). The van der Waals surface area contributed by atoms with E-state index >= 15 is 0 Å². The van der Waals surface area contributed by atoms with Crippen LogP contribution in [0.1, 0.15) is 104 Å². The number of alkyl halides is 3. The minimum absolute atomic E-state index is 0.0700. The summed E-state index contributed by atoms with van der Waals surface area (Å²) in [5.41, 5.74) is 4.04. The second-order valence-corrected chi connectivity index (χ2v) is 17.4. The van der Waals surface area contributed by atoms with Crippen LogP contribution in [-0.2, 0) is 17.5 Å². The Morgan fingerprint density at radius 1 is 0.603 bits per heavy atom. The molecule has 0 heterocycles. The van der Waals surface area contributed by atoms with Crippen LogP contribution in [0.15, 0.2) is 152 Å². The van der Waals surface area contributed by atoms with E-state index in [0.717, 1.165) is 35.3 Å². The minimum atomic E-state index is -4.60. The highest BCUT2D eigenvalue weighted by Gasteiger charge is 2.34. The summed E-state index contributed by atoms with van der Waals surface area (Å²) < 4.78 is 44.2. The van der Waals surface area contributed by atoms with Gasteiger partial charge < -0.3 is 4.74 Å². The van der Waals surface area contributed by atoms with E-state index in [1.807, 2.05) is 32.9 Å². The molecule has 2 N–H and O–H groups in total. The normalized spacial score (nSPS) is 11.3. The minimum Gasteiger partial charge on any atom is -0.457 e. The van der Waals surface area contributed by atoms with Crippen molar-refractivity contribution in [2.24, 2.45) is 0 Å². The van der Waals surface area contributed by atoms with E-state index in [4.69, 9.17) is 16.3 Å². The molecule has 4 amide bonds. The number of amides is 4. The average Bonchev–Trinajstić information content (AvgIpc) is 3.31. The molecule has 0 aliphatic carbocycles. The molecular formula is C51H47ClF3N5O8. The van der Waals surface area contributed by atoms with Gasteiger partial charge in [0, 0.05) is 38.9 Å². The van der Waals surface area contributed by atoms with Gasteiger partial charge in [-0.15, -0.1) is 0 Å². The highest BCUT2D eigenvalue weighted by molar-refractivity contribution is 6.33. The van der Waals surface area contributed by atoms with Gasteiger partial charge in [0.15, 0.2) is 0 Å². The lowest BCUT2D eigenvalue weighted by Crippen LogP contribution is -2.56. The van der Waals surface area contributed by atoms with Gasteiger partial charge >= 0.3 is 12.1 Å². The van der Waals surface area contributed by atoms with Gasteiger partial charge in [0.1, 0.15) is 12.2 Å². The fourth-order valence-electron chi connectivity index (χ4n) is 6.43. The van der Waals surface area contributed by atoms with Crippen molar-refractivity contribution in [2.45, 2.75) is 65.4 Å². The smallest absolute Gasteiger partial charge is 0.416 e. The Hall–Kier alpha value is -7.85. The molecule has 0 fully saturated rings. The molecule has 0 spiro atoms. The lowest BCUT2D eigenvalue weighted by molar-refractivity contribution is -0.385. The number of benzene rings is 6. The molecule has 0 bridgehead atoms. The highest BCUT2D eigenvalue weighted by atomic mass is 35.5. The maximum atomic E-state index is 13.1. The summed E-state index contributed by atoms with van der Waals surface area (Å²) >= 11 is 6.02. The molecule has 68 heavy (non-hydrogen) atoms. The first-order chi connectivity index (χ1) is 32.0. The third-order valence-electron chi connectivity index (χ3n) is 9.89. The fourth-order valence-corrected chi connectivity index (χ4v) is 6.72. The maximum Gasteiger partial charge on any atom is 0.416 e. The van der Waals surface area contributed by atoms with Crippen LogP contribution in [0.25, 0.3) is 11.1 Å². The lowest BCUT2D eigenvalue weighted by Gasteiger charge is -2.35. The summed E-state index contributed by atoms with van der Waals surface area (Å²) in [5.74, 6) is -2.69. The molecule has 6 aromatic carbocycles. The monoisotopic (exact) mass is 949 g/mol. The topological polar surface area (TPSA) is 168 Å². The zero-order valence-electron chi connectivity index (χ0n) is 37.8. The van der Waals surface area contributed by atoms with Crippen LogP contribution in [0, 0.1) is 10.1 Å². The molecular weight excluding hydrogens is 903 g/mol. The largest absolute Gasteiger partial charge is 0.457 e. The summed E-state index contributed by atoms with van der Waals surface area (Å²) in [6, 6.07) is 38.6. The average molecular weight is 950 g/mol. The number of carbonyl (C=O) groups is 5. The molecule has 0 atom stereocenters. The number of nitrogens with zero attached hydrogens (tertiary/aromatic N) is 3. The van der Waals surface area contributed by atoms with Crippen molar-refractivity contribution in [1.82, 2.24) is 20.9 Å². The molecule has 0 unspecified atom stereocenters. The van der Waals surface area contributed by atoms with Crippen LogP contribution in [-0.4, -0.2) is 55.6 Å². The zero-order chi connectivity index (χ0) is 50.0. The standard InChI is InChI=1S/C26H26N2O4.C25H21ClF3N3O4/c1-26(2,3)28(24(30)19-12-6-4-7-13-19)27-23(29)22-17-11-10-16-21(22)18-32-25(31)20-14-8-5-9-15-20;1-24(2,3)31(23(34)15-7-5-4-6-8-15)30-22(33)19-11-9-16(13-21(19)32(35)36)18-12-10-17(14-20(18)26)25(27,28)29/h4-17H,18H2,1-3H3,(H,27,29);4-14H,1-3H3,(H,30,33). The van der Waals surface area contributed by atoms with Gasteiger partial charge in [-0.05, 0) is 108 Å². The van der Waals surface area contributed by atoms with E-state index in [1.165, 1.54) is 11.1 Å². The van der Waals surface area contributed by atoms with Crippen molar-refractivity contribution in [3.05, 3.63) is 206 Å². The predicted molar refractivity (Wildman–Crippen MR) is 250 cm³/mol. The molecule has 0 saturated heterocycles. The summed E-state index contributed by atoms with van der Waals surface area (Å²) in [7, 11) is 0. The molecule has 6 aromatic rings. The lowest BCUT2D eigenvalue weighted by atomic mass is 10.0. The van der Waals surface area contributed by atoms with Gasteiger partial charge in [0.25, 0.3) is 29.3 Å². The number of hydrogen-bond donors (Lipinski definition) is 2. The van der Waals surface area contributed by atoms with Crippen molar-refractivity contribution >= 4 is 46.9 Å². The Bertz CT molecular complexity index is 2800. The van der Waals surface area contributed by atoms with Gasteiger partial charge in [0.2, 0.25) is 0 Å². The van der Waals surface area contributed by atoms with Crippen LogP contribution in [0.4, 0.5) is 18.9 Å². The van der Waals surface area contributed by atoms with Crippen LogP contribution in [0.3, 0.4) is 0 Å². The molecule has 17 heteroatoms. The van der Waals surface area contributed by atoms with Gasteiger partial charge in [-0.25, -0.2) is 14.8 Å². The number of nitro benzene ring substituents is 1. The van der Waals surface area contributed by atoms with Crippen LogP contribution < -0.4 is 10.9 Å². The van der Waals surface area contributed by atoms with Gasteiger partial charge in [0.05, 0.1) is 27.1 Å². The summed E-state index contributed by atoms with van der Waals surface area (Å²) in [6.07, 6.45) is -4.60. The third kappa shape index (κ3) is 13.2.